The Morgan fingerprint density at radius 1 is 1.38 bits per heavy atom. The number of nitrogens with zero attached hydrogens (tertiary/aromatic N) is 1. The lowest BCUT2D eigenvalue weighted by atomic mass is 10.1. The molecular formula is C19H26N2O2S. The van der Waals surface area contributed by atoms with Crippen molar-refractivity contribution in [2.75, 3.05) is 26.2 Å². The summed E-state index contributed by atoms with van der Waals surface area (Å²) in [6, 6.07) is 8.52. The molecule has 130 valence electrons. The van der Waals surface area contributed by atoms with Crippen molar-refractivity contribution in [3.8, 4) is 0 Å². The monoisotopic (exact) mass is 346 g/mol. The van der Waals surface area contributed by atoms with Gasteiger partial charge in [-0.05, 0) is 62.7 Å². The fourth-order valence-electron chi connectivity index (χ4n) is 3.51. The van der Waals surface area contributed by atoms with Gasteiger partial charge in [0.2, 0.25) is 0 Å². The van der Waals surface area contributed by atoms with Gasteiger partial charge in [-0.15, -0.1) is 11.3 Å². The summed E-state index contributed by atoms with van der Waals surface area (Å²) in [5.41, 5.74) is 1.08. The molecule has 1 amide bonds. The van der Waals surface area contributed by atoms with Crippen LogP contribution in [0.4, 0.5) is 0 Å². The van der Waals surface area contributed by atoms with E-state index in [2.05, 4.69) is 22.3 Å². The van der Waals surface area contributed by atoms with Crippen LogP contribution in [0.5, 0.6) is 0 Å². The van der Waals surface area contributed by atoms with Crippen LogP contribution in [-0.4, -0.2) is 48.2 Å². The number of aliphatic hydroxyl groups excluding tert-OH is 1. The summed E-state index contributed by atoms with van der Waals surface area (Å²) in [5.74, 6) is 0.0445. The van der Waals surface area contributed by atoms with Crippen molar-refractivity contribution in [3.05, 3.63) is 34.7 Å². The normalized spacial score (nSPS) is 18.3. The minimum absolute atomic E-state index is 0.0445. The fraction of sp³-hybridized carbons (Fsp3) is 0.526. The Bertz CT molecular complexity index is 698. The first-order chi connectivity index (χ1) is 11.7. The average molecular weight is 346 g/mol. The highest BCUT2D eigenvalue weighted by Gasteiger charge is 2.22. The molecule has 4 nitrogen and oxygen atoms in total. The lowest BCUT2D eigenvalue weighted by molar-refractivity contribution is 0.0955. The highest BCUT2D eigenvalue weighted by molar-refractivity contribution is 7.21. The van der Waals surface area contributed by atoms with Crippen molar-refractivity contribution in [2.45, 2.75) is 38.6 Å². The number of unbranched alkanes of at least 4 members (excludes halogenated alkanes) is 1. The molecule has 0 spiro atoms. The van der Waals surface area contributed by atoms with E-state index in [1.165, 1.54) is 16.5 Å². The van der Waals surface area contributed by atoms with Crippen molar-refractivity contribution in [1.82, 2.24) is 10.2 Å². The Kier molecular flexibility index (Phi) is 5.87. The highest BCUT2D eigenvalue weighted by Crippen LogP contribution is 2.30. The number of aliphatic hydroxyl groups is 1. The lowest BCUT2D eigenvalue weighted by Crippen LogP contribution is -2.33. The minimum atomic E-state index is 0.0445. The molecule has 2 aromatic rings. The molecule has 5 heteroatoms. The summed E-state index contributed by atoms with van der Waals surface area (Å²) in [7, 11) is 0. The van der Waals surface area contributed by atoms with Gasteiger partial charge < -0.3 is 10.4 Å². The average Bonchev–Trinajstić information content (AvgIpc) is 3.19. The molecule has 0 bridgehead atoms. The number of benzene rings is 1. The molecule has 0 aliphatic carbocycles. The third-order valence-electron chi connectivity index (χ3n) is 4.92. The van der Waals surface area contributed by atoms with Gasteiger partial charge >= 0.3 is 0 Å². The van der Waals surface area contributed by atoms with Crippen LogP contribution < -0.4 is 5.32 Å². The summed E-state index contributed by atoms with van der Waals surface area (Å²) < 4.78 is 1.17. The first kappa shape index (κ1) is 17.4. The van der Waals surface area contributed by atoms with Gasteiger partial charge in [0.25, 0.3) is 5.91 Å². The van der Waals surface area contributed by atoms with E-state index in [0.29, 0.717) is 12.6 Å². The van der Waals surface area contributed by atoms with Crippen molar-refractivity contribution < 1.29 is 9.90 Å². The molecule has 1 saturated heterocycles. The van der Waals surface area contributed by atoms with E-state index in [-0.39, 0.29) is 12.5 Å². The van der Waals surface area contributed by atoms with Gasteiger partial charge in [0.05, 0.1) is 11.5 Å². The van der Waals surface area contributed by atoms with E-state index in [9.17, 15) is 9.90 Å². The molecule has 1 aromatic carbocycles. The Labute approximate surface area is 147 Å². The Hall–Kier alpha value is -1.43. The van der Waals surface area contributed by atoms with Crippen LogP contribution in [-0.2, 0) is 0 Å². The number of hydrogen-bond acceptors (Lipinski definition) is 4. The SMILES string of the molecule is Cc1c(C(=O)NCCCCN2CCCC2CO)sc2ccccc12. The molecule has 2 N–H and O–H groups in total. The van der Waals surface area contributed by atoms with Gasteiger partial charge in [0, 0.05) is 17.3 Å². The number of carbonyl (C=O) groups is 1. The van der Waals surface area contributed by atoms with Crippen molar-refractivity contribution >= 4 is 27.3 Å². The molecule has 1 aromatic heterocycles. The predicted molar refractivity (Wildman–Crippen MR) is 99.8 cm³/mol. The zero-order valence-electron chi connectivity index (χ0n) is 14.3. The maximum Gasteiger partial charge on any atom is 0.261 e. The molecule has 1 aliphatic rings. The standard InChI is InChI=1S/C19H26N2O2S/c1-14-16-8-2-3-9-17(16)24-18(14)19(23)20-10-4-5-11-21-12-6-7-15(21)13-22/h2-3,8-9,15,22H,4-7,10-13H2,1H3,(H,20,23). The topological polar surface area (TPSA) is 52.6 Å². The number of fused-ring (bicyclic) bond motifs is 1. The number of thiophene rings is 1. The van der Waals surface area contributed by atoms with Crippen molar-refractivity contribution in [2.24, 2.45) is 0 Å². The maximum absolute atomic E-state index is 12.4. The van der Waals surface area contributed by atoms with E-state index < -0.39 is 0 Å². The van der Waals surface area contributed by atoms with Gasteiger partial charge in [0.1, 0.15) is 0 Å². The molecule has 0 radical (unpaired) electrons. The van der Waals surface area contributed by atoms with E-state index in [1.807, 2.05) is 19.1 Å². The zero-order valence-corrected chi connectivity index (χ0v) is 15.1. The molecule has 1 aliphatic heterocycles. The van der Waals surface area contributed by atoms with E-state index >= 15 is 0 Å². The van der Waals surface area contributed by atoms with Gasteiger partial charge in [-0.25, -0.2) is 0 Å². The number of rotatable bonds is 7. The van der Waals surface area contributed by atoms with Crippen LogP contribution in [0.25, 0.3) is 10.1 Å². The van der Waals surface area contributed by atoms with E-state index in [0.717, 1.165) is 42.8 Å². The van der Waals surface area contributed by atoms with Gasteiger partial charge in [0.15, 0.2) is 0 Å². The van der Waals surface area contributed by atoms with Crippen LogP contribution in [0.1, 0.15) is 40.9 Å². The summed E-state index contributed by atoms with van der Waals surface area (Å²) in [6.45, 7) is 5.11. The molecule has 1 fully saturated rings. The number of hydrogen-bond donors (Lipinski definition) is 2. The van der Waals surface area contributed by atoms with Crippen LogP contribution in [0.2, 0.25) is 0 Å². The number of aryl methyl sites for hydroxylation is 1. The van der Waals surface area contributed by atoms with Gasteiger partial charge in [-0.3, -0.25) is 9.69 Å². The number of likely N-dealkylation sites (tertiary alicyclic amines) is 1. The summed E-state index contributed by atoms with van der Waals surface area (Å²) >= 11 is 1.57. The molecule has 0 saturated carbocycles. The summed E-state index contributed by atoms with van der Waals surface area (Å²) in [6.07, 6.45) is 4.33. The molecule has 24 heavy (non-hydrogen) atoms. The predicted octanol–water partition coefficient (Wildman–Crippen LogP) is 3.18. The maximum atomic E-state index is 12.4. The van der Waals surface area contributed by atoms with Gasteiger partial charge in [-0.1, -0.05) is 18.2 Å². The number of amides is 1. The Morgan fingerprint density at radius 3 is 3.00 bits per heavy atom. The fourth-order valence-corrected chi connectivity index (χ4v) is 4.63. The van der Waals surface area contributed by atoms with Crippen molar-refractivity contribution in [3.63, 3.8) is 0 Å². The van der Waals surface area contributed by atoms with Crippen molar-refractivity contribution in [1.29, 1.82) is 0 Å². The smallest absolute Gasteiger partial charge is 0.261 e. The second-order valence-electron chi connectivity index (χ2n) is 6.53. The number of nitrogens with one attached hydrogen (secondary N) is 1. The van der Waals surface area contributed by atoms with Crippen LogP contribution in [0, 0.1) is 6.92 Å². The number of carbonyl (C=O) groups excluding carboxylic acids is 1. The lowest BCUT2D eigenvalue weighted by Gasteiger charge is -2.22. The van der Waals surface area contributed by atoms with Crippen LogP contribution >= 0.6 is 11.3 Å². The third-order valence-corrected chi connectivity index (χ3v) is 6.19. The molecule has 2 heterocycles. The molecule has 1 unspecified atom stereocenters. The van der Waals surface area contributed by atoms with E-state index in [1.54, 1.807) is 11.3 Å². The molecule has 1 atom stereocenters. The quantitative estimate of drug-likeness (QED) is 0.757. The third kappa shape index (κ3) is 3.79. The summed E-state index contributed by atoms with van der Waals surface area (Å²) in [4.78, 5) is 15.6. The van der Waals surface area contributed by atoms with Gasteiger partial charge in [-0.2, -0.15) is 0 Å². The zero-order chi connectivity index (χ0) is 16.9. The highest BCUT2D eigenvalue weighted by atomic mass is 32.1. The Morgan fingerprint density at radius 2 is 2.21 bits per heavy atom. The largest absolute Gasteiger partial charge is 0.395 e. The summed E-state index contributed by atoms with van der Waals surface area (Å²) in [5, 5.41) is 13.6. The Balaban J connectivity index is 1.44. The minimum Gasteiger partial charge on any atom is -0.395 e. The van der Waals surface area contributed by atoms with Crippen LogP contribution in [0.3, 0.4) is 0 Å². The second-order valence-corrected chi connectivity index (χ2v) is 7.58. The molecule has 3 rings (SSSR count). The first-order valence-corrected chi connectivity index (χ1v) is 9.63. The first-order valence-electron chi connectivity index (χ1n) is 8.82. The second kappa shape index (κ2) is 8.10. The molecular weight excluding hydrogens is 320 g/mol. The van der Waals surface area contributed by atoms with Crippen LogP contribution in [0.15, 0.2) is 24.3 Å². The van der Waals surface area contributed by atoms with E-state index in [4.69, 9.17) is 0 Å².